The van der Waals surface area contributed by atoms with Gasteiger partial charge in [0.25, 0.3) is 0 Å². The Balaban J connectivity index is 2.05. The maximum Gasteiger partial charge on any atom is 0.322 e. The Bertz CT molecular complexity index is 811. The number of carboxylic acids is 1. The van der Waals surface area contributed by atoms with Gasteiger partial charge in [-0.05, 0) is 22.9 Å². The second-order valence-electron chi connectivity index (χ2n) is 4.08. The van der Waals surface area contributed by atoms with Gasteiger partial charge in [-0.2, -0.15) is 0 Å². The number of rotatable bonds is 5. The van der Waals surface area contributed by atoms with E-state index in [2.05, 4.69) is 15.3 Å². The summed E-state index contributed by atoms with van der Waals surface area (Å²) in [5, 5.41) is 14.9. The Labute approximate surface area is 127 Å². The van der Waals surface area contributed by atoms with Crippen LogP contribution in [0.5, 0.6) is 0 Å². The first-order chi connectivity index (χ1) is 10.1. The highest BCUT2D eigenvalue weighted by atomic mass is 32.1. The average molecular weight is 319 g/mol. The largest absolute Gasteiger partial charge is 0.480 e. The second kappa shape index (κ2) is 5.58. The van der Waals surface area contributed by atoms with E-state index in [1.807, 2.05) is 10.8 Å². The molecular weight excluding hydrogens is 310 g/mol. The summed E-state index contributed by atoms with van der Waals surface area (Å²) in [6.45, 7) is -0.303. The Hall–Kier alpha value is -2.32. The van der Waals surface area contributed by atoms with Crippen molar-refractivity contribution in [3.05, 3.63) is 39.5 Å². The first kappa shape index (κ1) is 13.7. The van der Waals surface area contributed by atoms with E-state index in [-0.39, 0.29) is 18.3 Å². The number of carboxylic acid groups (broad SMARTS) is 1. The van der Waals surface area contributed by atoms with Crippen LogP contribution in [0.15, 0.2) is 29.0 Å². The highest BCUT2D eigenvalue weighted by Crippen LogP contribution is 2.26. The molecule has 0 aromatic carbocycles. The molecule has 0 aliphatic carbocycles. The standard InChI is InChI=1S/C13H9N3O3S2/c17-9(18)6-14-13-15-7-3-5-21-12(7)10(16-13)11(19)8-2-1-4-20-8/h1-5H,6H2,(H,17,18)(H,14,15,16). The minimum Gasteiger partial charge on any atom is -0.480 e. The van der Waals surface area contributed by atoms with Crippen molar-refractivity contribution in [1.82, 2.24) is 9.97 Å². The minimum absolute atomic E-state index is 0.142. The van der Waals surface area contributed by atoms with Gasteiger partial charge >= 0.3 is 5.97 Å². The van der Waals surface area contributed by atoms with Gasteiger partial charge in [0, 0.05) is 0 Å². The molecule has 0 saturated heterocycles. The number of thiophene rings is 2. The highest BCUT2D eigenvalue weighted by Gasteiger charge is 2.18. The first-order valence-corrected chi connectivity index (χ1v) is 7.70. The average Bonchev–Trinajstić information content (AvgIpc) is 3.14. The fourth-order valence-electron chi connectivity index (χ4n) is 1.78. The van der Waals surface area contributed by atoms with Crippen molar-refractivity contribution in [1.29, 1.82) is 0 Å². The van der Waals surface area contributed by atoms with E-state index in [9.17, 15) is 9.59 Å². The smallest absolute Gasteiger partial charge is 0.322 e. The molecule has 3 heterocycles. The van der Waals surface area contributed by atoms with Gasteiger partial charge in [0.15, 0.2) is 0 Å². The summed E-state index contributed by atoms with van der Waals surface area (Å²) in [4.78, 5) is 32.1. The van der Waals surface area contributed by atoms with E-state index < -0.39 is 5.97 Å². The van der Waals surface area contributed by atoms with Crippen LogP contribution in [0.1, 0.15) is 15.4 Å². The van der Waals surface area contributed by atoms with E-state index in [0.29, 0.717) is 20.8 Å². The Morgan fingerprint density at radius 2 is 2.05 bits per heavy atom. The lowest BCUT2D eigenvalue weighted by Gasteiger charge is -2.05. The van der Waals surface area contributed by atoms with Crippen LogP contribution >= 0.6 is 22.7 Å². The zero-order chi connectivity index (χ0) is 14.8. The number of anilines is 1. The molecule has 3 rings (SSSR count). The monoisotopic (exact) mass is 319 g/mol. The molecule has 0 bridgehead atoms. The summed E-state index contributed by atoms with van der Waals surface area (Å²) in [6.07, 6.45) is 0. The van der Waals surface area contributed by atoms with Crippen LogP contribution in [0.25, 0.3) is 10.2 Å². The van der Waals surface area contributed by atoms with E-state index in [1.54, 1.807) is 18.2 Å². The Morgan fingerprint density at radius 1 is 1.19 bits per heavy atom. The van der Waals surface area contributed by atoms with Crippen LogP contribution in [-0.4, -0.2) is 33.4 Å². The molecule has 0 saturated carbocycles. The number of nitrogens with zero attached hydrogens (tertiary/aromatic N) is 2. The highest BCUT2D eigenvalue weighted by molar-refractivity contribution is 7.17. The van der Waals surface area contributed by atoms with Gasteiger partial charge in [0.1, 0.15) is 12.2 Å². The maximum absolute atomic E-state index is 12.5. The van der Waals surface area contributed by atoms with Crippen molar-refractivity contribution in [2.75, 3.05) is 11.9 Å². The number of carbonyl (C=O) groups excluding carboxylic acids is 1. The van der Waals surface area contributed by atoms with Crippen molar-refractivity contribution >= 4 is 50.6 Å². The molecule has 0 radical (unpaired) electrons. The second-order valence-corrected chi connectivity index (χ2v) is 5.95. The third-order valence-corrected chi connectivity index (χ3v) is 4.44. The summed E-state index contributed by atoms with van der Waals surface area (Å²) in [5.41, 5.74) is 0.924. The predicted octanol–water partition coefficient (Wildman–Crippen LogP) is 2.48. The minimum atomic E-state index is -1.02. The lowest BCUT2D eigenvalue weighted by Crippen LogP contribution is -2.15. The number of ketones is 1. The molecule has 3 aromatic rings. The summed E-state index contributed by atoms with van der Waals surface area (Å²) in [6, 6.07) is 5.31. The van der Waals surface area contributed by atoms with Crippen molar-refractivity contribution in [3.63, 3.8) is 0 Å². The van der Waals surface area contributed by atoms with Crippen LogP contribution in [-0.2, 0) is 4.79 Å². The van der Waals surface area contributed by atoms with Crippen molar-refractivity contribution in [3.8, 4) is 0 Å². The molecule has 6 nitrogen and oxygen atoms in total. The number of nitrogens with one attached hydrogen (secondary N) is 1. The molecule has 0 unspecified atom stereocenters. The van der Waals surface area contributed by atoms with Crippen LogP contribution < -0.4 is 5.32 Å². The maximum atomic E-state index is 12.5. The lowest BCUT2D eigenvalue weighted by atomic mass is 10.2. The van der Waals surface area contributed by atoms with Crippen LogP contribution in [0.2, 0.25) is 0 Å². The zero-order valence-corrected chi connectivity index (χ0v) is 12.2. The number of aromatic nitrogens is 2. The van der Waals surface area contributed by atoms with Gasteiger partial charge in [-0.1, -0.05) is 6.07 Å². The fraction of sp³-hybridized carbons (Fsp3) is 0.0769. The Kier molecular flexibility index (Phi) is 3.63. The van der Waals surface area contributed by atoms with Gasteiger partial charge < -0.3 is 10.4 Å². The molecule has 0 atom stereocenters. The number of hydrogen-bond donors (Lipinski definition) is 2. The van der Waals surface area contributed by atoms with E-state index in [4.69, 9.17) is 5.11 Å². The molecule has 0 aliphatic rings. The van der Waals surface area contributed by atoms with E-state index >= 15 is 0 Å². The van der Waals surface area contributed by atoms with Gasteiger partial charge in [0.05, 0.1) is 15.1 Å². The summed E-state index contributed by atoms with van der Waals surface area (Å²) in [5.74, 6) is -1.06. The summed E-state index contributed by atoms with van der Waals surface area (Å²) in [7, 11) is 0. The summed E-state index contributed by atoms with van der Waals surface area (Å²) >= 11 is 2.73. The lowest BCUT2D eigenvalue weighted by molar-refractivity contribution is -0.134. The third kappa shape index (κ3) is 2.76. The van der Waals surface area contributed by atoms with Crippen LogP contribution in [0.4, 0.5) is 5.95 Å². The van der Waals surface area contributed by atoms with Crippen LogP contribution in [0.3, 0.4) is 0 Å². The molecule has 0 spiro atoms. The normalized spacial score (nSPS) is 10.7. The van der Waals surface area contributed by atoms with Crippen molar-refractivity contribution < 1.29 is 14.7 Å². The van der Waals surface area contributed by atoms with E-state index in [0.717, 1.165) is 0 Å². The van der Waals surface area contributed by atoms with Crippen LogP contribution in [0, 0.1) is 0 Å². The van der Waals surface area contributed by atoms with Crippen molar-refractivity contribution in [2.24, 2.45) is 0 Å². The summed E-state index contributed by atoms with van der Waals surface area (Å²) < 4.78 is 0.703. The van der Waals surface area contributed by atoms with E-state index in [1.165, 1.54) is 22.7 Å². The topological polar surface area (TPSA) is 92.2 Å². The Morgan fingerprint density at radius 3 is 2.76 bits per heavy atom. The molecule has 0 aliphatic heterocycles. The molecule has 2 N–H and O–H groups in total. The molecule has 8 heteroatoms. The number of aliphatic carboxylic acids is 1. The fourth-order valence-corrected chi connectivity index (χ4v) is 3.26. The van der Waals surface area contributed by atoms with Gasteiger partial charge in [-0.15, -0.1) is 22.7 Å². The molecule has 106 valence electrons. The zero-order valence-electron chi connectivity index (χ0n) is 10.6. The third-order valence-electron chi connectivity index (χ3n) is 2.66. The van der Waals surface area contributed by atoms with Gasteiger partial charge in [0.2, 0.25) is 11.7 Å². The van der Waals surface area contributed by atoms with Gasteiger partial charge in [-0.3, -0.25) is 9.59 Å². The molecule has 0 amide bonds. The van der Waals surface area contributed by atoms with Gasteiger partial charge in [-0.25, -0.2) is 9.97 Å². The quantitative estimate of drug-likeness (QED) is 0.702. The first-order valence-electron chi connectivity index (χ1n) is 5.94. The number of carbonyl (C=O) groups is 2. The number of fused-ring (bicyclic) bond motifs is 1. The SMILES string of the molecule is O=C(O)CNc1nc(C(=O)c2cccs2)c2sccc2n1. The molecular formula is C13H9N3O3S2. The molecule has 0 fully saturated rings. The predicted molar refractivity (Wildman–Crippen MR) is 81.3 cm³/mol. The number of hydrogen-bond acceptors (Lipinski definition) is 7. The molecule has 3 aromatic heterocycles. The molecule has 21 heavy (non-hydrogen) atoms. The van der Waals surface area contributed by atoms with Crippen molar-refractivity contribution in [2.45, 2.75) is 0 Å².